The van der Waals surface area contributed by atoms with Gasteiger partial charge in [0.25, 0.3) is 0 Å². The van der Waals surface area contributed by atoms with Gasteiger partial charge in [-0.2, -0.15) is 0 Å². The Kier molecular flexibility index (Phi) is 10.9. The topological polar surface area (TPSA) is 24.9 Å². The first kappa shape index (κ1) is 22.3. The second-order valence-corrected chi connectivity index (χ2v) is 8.98. The summed E-state index contributed by atoms with van der Waals surface area (Å²) in [5, 5.41) is 0. The monoisotopic (exact) mass is 392 g/mol. The zero-order chi connectivity index (χ0) is 19.3. The quantitative estimate of drug-likeness (QED) is 0.561. The highest BCUT2D eigenvalue weighted by Crippen LogP contribution is 2.20. The van der Waals surface area contributed by atoms with Gasteiger partial charge in [0.2, 0.25) is 0 Å². The Hall–Kier alpha value is -0.420. The van der Waals surface area contributed by atoms with Gasteiger partial charge in [-0.25, -0.2) is 0 Å². The molecule has 0 aromatic rings. The lowest BCUT2D eigenvalue weighted by atomic mass is 10.1. The largest absolute Gasteiger partial charge is 0.380 e. The third-order valence-electron chi connectivity index (χ3n) is 6.74. The molecule has 3 aliphatic rings. The second-order valence-electron chi connectivity index (χ2n) is 8.98. The van der Waals surface area contributed by atoms with Crippen molar-refractivity contribution in [3.63, 3.8) is 0 Å². The fourth-order valence-corrected chi connectivity index (χ4v) is 5.02. The minimum atomic E-state index is 0.679. The van der Waals surface area contributed by atoms with Crippen molar-refractivity contribution in [2.24, 2.45) is 0 Å². The number of fused-ring (bicyclic) bond motifs is 2. The fraction of sp³-hybridized carbons (Fsp3) is 0.917. The van der Waals surface area contributed by atoms with E-state index in [1.807, 2.05) is 0 Å². The average molecular weight is 393 g/mol. The van der Waals surface area contributed by atoms with E-state index in [0.717, 1.165) is 52.1 Å². The van der Waals surface area contributed by atoms with Crippen LogP contribution in [0.3, 0.4) is 0 Å². The molecule has 0 bridgehead atoms. The van der Waals surface area contributed by atoms with Gasteiger partial charge < -0.3 is 9.47 Å². The summed E-state index contributed by atoms with van der Waals surface area (Å²) in [5.74, 6) is 0. The molecule has 3 aliphatic heterocycles. The molecule has 162 valence electrons. The summed E-state index contributed by atoms with van der Waals surface area (Å²) >= 11 is 0. The summed E-state index contributed by atoms with van der Waals surface area (Å²) < 4.78 is 12.0. The lowest BCUT2D eigenvalue weighted by molar-refractivity contribution is 0.0735. The number of rotatable bonds is 0. The first-order chi connectivity index (χ1) is 13.9. The highest BCUT2D eigenvalue weighted by Gasteiger charge is 2.25. The Labute approximate surface area is 173 Å². The van der Waals surface area contributed by atoms with Crippen molar-refractivity contribution in [3.8, 4) is 0 Å². The number of hydrogen-bond donors (Lipinski definition) is 0. The van der Waals surface area contributed by atoms with Crippen LogP contribution in [-0.4, -0.2) is 74.5 Å². The van der Waals surface area contributed by atoms with Crippen LogP contribution in [0, 0.1) is 0 Å². The minimum Gasteiger partial charge on any atom is -0.380 e. The molecule has 3 heterocycles. The second kappa shape index (κ2) is 13.7. The number of nitrogens with zero attached hydrogens (tertiary/aromatic N) is 2. The van der Waals surface area contributed by atoms with E-state index in [4.69, 9.17) is 9.47 Å². The van der Waals surface area contributed by atoms with Crippen LogP contribution in [-0.2, 0) is 9.47 Å². The first-order valence-corrected chi connectivity index (χ1v) is 12.2. The van der Waals surface area contributed by atoms with Crippen LogP contribution in [0.15, 0.2) is 12.2 Å². The van der Waals surface area contributed by atoms with Crippen molar-refractivity contribution in [2.75, 3.05) is 52.6 Å². The molecule has 0 unspecified atom stereocenters. The van der Waals surface area contributed by atoms with Gasteiger partial charge >= 0.3 is 0 Å². The molecule has 2 saturated heterocycles. The summed E-state index contributed by atoms with van der Waals surface area (Å²) in [7, 11) is 0. The maximum absolute atomic E-state index is 6.00. The number of ether oxygens (including phenoxy) is 2. The summed E-state index contributed by atoms with van der Waals surface area (Å²) in [4.78, 5) is 5.39. The van der Waals surface area contributed by atoms with Crippen LogP contribution in [0.4, 0.5) is 0 Å². The average Bonchev–Trinajstić information content (AvgIpc) is 3.34. The fourth-order valence-electron chi connectivity index (χ4n) is 5.02. The lowest BCUT2D eigenvalue weighted by Gasteiger charge is -2.25. The Balaban J connectivity index is 1.40. The predicted molar refractivity (Wildman–Crippen MR) is 117 cm³/mol. The van der Waals surface area contributed by atoms with Crippen LogP contribution in [0.1, 0.15) is 77.0 Å². The van der Waals surface area contributed by atoms with Crippen LogP contribution in [0.5, 0.6) is 0 Å². The summed E-state index contributed by atoms with van der Waals surface area (Å²) in [6.45, 7) is 8.83. The lowest BCUT2D eigenvalue weighted by Crippen LogP contribution is -2.34. The minimum absolute atomic E-state index is 0.679. The Morgan fingerprint density at radius 2 is 1.00 bits per heavy atom. The zero-order valence-electron chi connectivity index (χ0n) is 18.2. The SMILES string of the molecule is C1=C\CCCOC[C@H]2CCCN2CCCCCCN2CCC[C@@H]2COCCC/1. The maximum Gasteiger partial charge on any atom is 0.0621 e. The molecule has 4 heteroatoms. The molecule has 28 heavy (non-hydrogen) atoms. The van der Waals surface area contributed by atoms with Crippen molar-refractivity contribution in [1.82, 2.24) is 9.80 Å². The smallest absolute Gasteiger partial charge is 0.0621 e. The van der Waals surface area contributed by atoms with E-state index < -0.39 is 0 Å². The van der Waals surface area contributed by atoms with Crippen LogP contribution < -0.4 is 0 Å². The summed E-state index contributed by atoms with van der Waals surface area (Å²) in [6, 6.07) is 1.36. The molecule has 3 rings (SSSR count). The number of hydrogen-bond acceptors (Lipinski definition) is 4. The van der Waals surface area contributed by atoms with E-state index in [9.17, 15) is 0 Å². The molecule has 0 radical (unpaired) electrons. The van der Waals surface area contributed by atoms with E-state index in [1.165, 1.54) is 77.5 Å². The molecular weight excluding hydrogens is 348 g/mol. The van der Waals surface area contributed by atoms with Gasteiger partial charge in [0.1, 0.15) is 0 Å². The van der Waals surface area contributed by atoms with Gasteiger partial charge in [-0.05, 0) is 90.4 Å². The standard InChI is InChI=1S/C24H44N2O2/c1-2-6-10-20-28-22-24-14-12-18-26(24)16-8-4-3-7-15-25-17-11-13-23(25)21-27-19-9-5-1/h1-2,23-24H,3-22H2/b2-1-/t23-,24-/m1/s1. The van der Waals surface area contributed by atoms with Crippen molar-refractivity contribution in [2.45, 2.75) is 89.1 Å². The highest BCUT2D eigenvalue weighted by molar-refractivity contribution is 4.82. The van der Waals surface area contributed by atoms with E-state index in [1.54, 1.807) is 0 Å². The van der Waals surface area contributed by atoms with Crippen molar-refractivity contribution >= 4 is 0 Å². The molecule has 0 aliphatic carbocycles. The van der Waals surface area contributed by atoms with Crippen molar-refractivity contribution in [1.29, 1.82) is 0 Å². The van der Waals surface area contributed by atoms with E-state index in [-0.39, 0.29) is 0 Å². The molecule has 0 spiro atoms. The molecule has 4 nitrogen and oxygen atoms in total. The molecule has 2 atom stereocenters. The van der Waals surface area contributed by atoms with E-state index in [2.05, 4.69) is 22.0 Å². The van der Waals surface area contributed by atoms with Gasteiger partial charge in [0.05, 0.1) is 13.2 Å². The molecule has 0 saturated carbocycles. The Bertz CT molecular complexity index is 391. The van der Waals surface area contributed by atoms with Crippen molar-refractivity contribution in [3.05, 3.63) is 12.2 Å². The molecule has 0 aromatic carbocycles. The number of allylic oxidation sites excluding steroid dienone is 2. The van der Waals surface area contributed by atoms with Crippen LogP contribution in [0.25, 0.3) is 0 Å². The van der Waals surface area contributed by atoms with Crippen LogP contribution in [0.2, 0.25) is 0 Å². The first-order valence-electron chi connectivity index (χ1n) is 12.2. The third kappa shape index (κ3) is 8.14. The van der Waals surface area contributed by atoms with Gasteiger partial charge in [-0.15, -0.1) is 0 Å². The predicted octanol–water partition coefficient (Wildman–Crippen LogP) is 4.64. The molecule has 0 aromatic heterocycles. The molecule has 0 amide bonds. The van der Waals surface area contributed by atoms with Gasteiger partial charge in [0, 0.05) is 25.3 Å². The molecule has 2 fully saturated rings. The van der Waals surface area contributed by atoms with Gasteiger partial charge in [-0.3, -0.25) is 9.80 Å². The highest BCUT2D eigenvalue weighted by atomic mass is 16.5. The van der Waals surface area contributed by atoms with Crippen LogP contribution >= 0.6 is 0 Å². The maximum atomic E-state index is 6.00. The van der Waals surface area contributed by atoms with E-state index in [0.29, 0.717) is 12.1 Å². The zero-order valence-corrected chi connectivity index (χ0v) is 18.2. The molecule has 0 N–H and O–H groups in total. The van der Waals surface area contributed by atoms with Gasteiger partial charge in [-0.1, -0.05) is 25.0 Å². The van der Waals surface area contributed by atoms with Gasteiger partial charge in [0.15, 0.2) is 0 Å². The van der Waals surface area contributed by atoms with Crippen molar-refractivity contribution < 1.29 is 9.47 Å². The third-order valence-corrected chi connectivity index (χ3v) is 6.74. The van der Waals surface area contributed by atoms with E-state index >= 15 is 0 Å². The normalized spacial score (nSPS) is 32.7. The Morgan fingerprint density at radius 1 is 0.536 bits per heavy atom. The Morgan fingerprint density at radius 3 is 1.50 bits per heavy atom. The summed E-state index contributed by atoms with van der Waals surface area (Å²) in [5.41, 5.74) is 0. The summed E-state index contributed by atoms with van der Waals surface area (Å²) in [6.07, 6.45) is 20.1. The molecular formula is C24H44N2O2.